The van der Waals surface area contributed by atoms with Crippen molar-refractivity contribution >= 4 is 38.9 Å². The van der Waals surface area contributed by atoms with Crippen molar-refractivity contribution in [3.63, 3.8) is 0 Å². The van der Waals surface area contributed by atoms with Gasteiger partial charge in [0.05, 0.1) is 0 Å². The highest BCUT2D eigenvalue weighted by Gasteiger charge is 2.23. The van der Waals surface area contributed by atoms with Crippen molar-refractivity contribution < 1.29 is 0 Å². The van der Waals surface area contributed by atoms with Crippen LogP contribution >= 0.6 is 38.9 Å². The van der Waals surface area contributed by atoms with Gasteiger partial charge in [-0.1, -0.05) is 18.5 Å². The Hall–Kier alpha value is 0.390. The lowest BCUT2D eigenvalue weighted by Gasteiger charge is -2.35. The zero-order valence-corrected chi connectivity index (χ0v) is 13.3. The molecule has 0 amide bonds. The van der Waals surface area contributed by atoms with E-state index in [-0.39, 0.29) is 0 Å². The molecule has 0 radical (unpaired) electrons. The van der Waals surface area contributed by atoms with Crippen LogP contribution in [0.5, 0.6) is 0 Å². The fourth-order valence-electron chi connectivity index (χ4n) is 2.37. The van der Waals surface area contributed by atoms with Gasteiger partial charge in [0.15, 0.2) is 0 Å². The molecule has 1 aliphatic rings. The van der Waals surface area contributed by atoms with Crippen molar-refractivity contribution in [3.05, 3.63) is 19.8 Å². The first kappa shape index (κ1) is 13.8. The fraction of sp³-hybridized carbons (Fsp3) is 0.667. The Morgan fingerprint density at radius 3 is 3.00 bits per heavy atom. The smallest absolute Gasteiger partial charge is 0.107 e. The topological polar surface area (TPSA) is 15.3 Å². The molecule has 1 aromatic rings. The van der Waals surface area contributed by atoms with Gasteiger partial charge in [0.2, 0.25) is 0 Å². The molecule has 1 saturated heterocycles. The highest BCUT2D eigenvalue weighted by Crippen LogP contribution is 2.32. The summed E-state index contributed by atoms with van der Waals surface area (Å²) >= 11 is 11.1. The molecule has 1 aliphatic heterocycles. The van der Waals surface area contributed by atoms with Gasteiger partial charge in [0.1, 0.15) is 4.34 Å². The molecule has 5 heteroatoms. The van der Waals surface area contributed by atoms with Gasteiger partial charge in [-0.3, -0.25) is 0 Å². The first-order chi connectivity index (χ1) is 8.06. The number of nitrogens with one attached hydrogen (secondary N) is 1. The van der Waals surface area contributed by atoms with Gasteiger partial charge in [-0.25, -0.2) is 0 Å². The third kappa shape index (κ3) is 3.67. The Kier molecular flexibility index (Phi) is 4.89. The predicted octanol–water partition coefficient (Wildman–Crippen LogP) is 3.59. The summed E-state index contributed by atoms with van der Waals surface area (Å²) in [4.78, 5) is 3.70. The molecule has 0 spiro atoms. The molecule has 2 nitrogen and oxygen atoms in total. The van der Waals surface area contributed by atoms with Gasteiger partial charge in [-0.2, -0.15) is 0 Å². The average Bonchev–Trinajstić information content (AvgIpc) is 2.57. The van der Waals surface area contributed by atoms with Crippen LogP contribution in [0.4, 0.5) is 0 Å². The summed E-state index contributed by atoms with van der Waals surface area (Å²) in [5.41, 5.74) is 0. The van der Waals surface area contributed by atoms with Crippen molar-refractivity contribution in [2.24, 2.45) is 5.92 Å². The van der Waals surface area contributed by atoms with E-state index in [1.54, 1.807) is 11.3 Å². The summed E-state index contributed by atoms with van der Waals surface area (Å²) < 4.78 is 1.86. The van der Waals surface area contributed by atoms with Crippen molar-refractivity contribution in [1.29, 1.82) is 0 Å². The quantitative estimate of drug-likeness (QED) is 0.906. The molecule has 1 fully saturated rings. The van der Waals surface area contributed by atoms with E-state index in [0.717, 1.165) is 15.4 Å². The second kappa shape index (κ2) is 6.02. The number of rotatable bonds is 3. The maximum absolute atomic E-state index is 6.04. The summed E-state index contributed by atoms with van der Waals surface area (Å²) in [6.45, 7) is 5.63. The van der Waals surface area contributed by atoms with Crippen LogP contribution in [0.3, 0.4) is 0 Å². The zero-order chi connectivity index (χ0) is 12.4. The second-order valence-corrected chi connectivity index (χ2v) is 7.44. The Balaban J connectivity index is 1.85. The SMILES string of the molecule is CC1CN(C)CCC1NCc1cc(Br)c(Cl)s1. The van der Waals surface area contributed by atoms with E-state index < -0.39 is 0 Å². The van der Waals surface area contributed by atoms with Crippen LogP contribution in [-0.4, -0.2) is 31.1 Å². The van der Waals surface area contributed by atoms with Gasteiger partial charge < -0.3 is 10.2 Å². The van der Waals surface area contributed by atoms with Crippen LogP contribution in [0.25, 0.3) is 0 Å². The van der Waals surface area contributed by atoms with E-state index in [9.17, 15) is 0 Å². The summed E-state index contributed by atoms with van der Waals surface area (Å²) in [5, 5.41) is 3.65. The first-order valence-electron chi connectivity index (χ1n) is 5.92. The molecule has 0 saturated carbocycles. The largest absolute Gasteiger partial charge is 0.309 e. The zero-order valence-electron chi connectivity index (χ0n) is 10.2. The average molecular weight is 338 g/mol. The molecular formula is C12H18BrClN2S. The number of piperidine rings is 1. The van der Waals surface area contributed by atoms with Crippen molar-refractivity contribution in [2.45, 2.75) is 25.9 Å². The van der Waals surface area contributed by atoms with E-state index in [1.165, 1.54) is 24.4 Å². The van der Waals surface area contributed by atoms with Crippen LogP contribution in [0, 0.1) is 5.92 Å². The second-order valence-electron chi connectivity index (χ2n) is 4.85. The summed E-state index contributed by atoms with van der Waals surface area (Å²) in [6.07, 6.45) is 1.23. The molecule has 2 heterocycles. The van der Waals surface area contributed by atoms with Crippen LogP contribution in [-0.2, 0) is 6.54 Å². The van der Waals surface area contributed by atoms with Crippen LogP contribution in [0.2, 0.25) is 4.34 Å². The molecule has 2 atom stereocenters. The molecule has 2 unspecified atom stereocenters. The van der Waals surface area contributed by atoms with Gasteiger partial charge in [-0.05, 0) is 47.9 Å². The van der Waals surface area contributed by atoms with Gasteiger partial charge in [0, 0.05) is 28.5 Å². The standard InChI is InChI=1S/C12H18BrClN2S/c1-8-7-16(2)4-3-11(8)15-6-9-5-10(13)12(14)17-9/h5,8,11,15H,3-4,6-7H2,1-2H3. The van der Waals surface area contributed by atoms with Gasteiger partial charge in [0.25, 0.3) is 0 Å². The molecule has 1 aromatic heterocycles. The van der Waals surface area contributed by atoms with E-state index in [4.69, 9.17) is 11.6 Å². The van der Waals surface area contributed by atoms with E-state index >= 15 is 0 Å². The fourth-order valence-corrected chi connectivity index (χ4v) is 4.11. The Morgan fingerprint density at radius 2 is 2.41 bits per heavy atom. The number of nitrogens with zero attached hydrogens (tertiary/aromatic N) is 1. The number of hydrogen-bond acceptors (Lipinski definition) is 3. The number of thiophene rings is 1. The Labute approximate surface area is 120 Å². The maximum atomic E-state index is 6.04. The maximum Gasteiger partial charge on any atom is 0.107 e. The molecule has 0 aliphatic carbocycles. The van der Waals surface area contributed by atoms with Gasteiger partial charge in [-0.15, -0.1) is 11.3 Å². The highest BCUT2D eigenvalue weighted by atomic mass is 79.9. The minimum absolute atomic E-state index is 0.630. The van der Waals surface area contributed by atoms with Crippen LogP contribution in [0.1, 0.15) is 18.2 Å². The molecule has 0 aromatic carbocycles. The lowest BCUT2D eigenvalue weighted by molar-refractivity contribution is 0.174. The normalized spacial score (nSPS) is 26.4. The number of hydrogen-bond donors (Lipinski definition) is 1. The highest BCUT2D eigenvalue weighted by molar-refractivity contribution is 9.10. The monoisotopic (exact) mass is 336 g/mol. The van der Waals surface area contributed by atoms with Crippen molar-refractivity contribution in [3.8, 4) is 0 Å². The molecular weight excluding hydrogens is 320 g/mol. The Morgan fingerprint density at radius 1 is 1.65 bits per heavy atom. The Bertz CT molecular complexity index is 363. The molecule has 0 bridgehead atoms. The summed E-state index contributed by atoms with van der Waals surface area (Å²) in [7, 11) is 2.20. The van der Waals surface area contributed by atoms with E-state index in [2.05, 4.69) is 46.2 Å². The third-order valence-corrected chi connectivity index (χ3v) is 5.82. The number of likely N-dealkylation sites (tertiary alicyclic amines) is 1. The lowest BCUT2D eigenvalue weighted by Crippen LogP contribution is -2.46. The molecule has 1 N–H and O–H groups in total. The van der Waals surface area contributed by atoms with Gasteiger partial charge >= 0.3 is 0 Å². The van der Waals surface area contributed by atoms with Crippen molar-refractivity contribution in [2.75, 3.05) is 20.1 Å². The third-order valence-electron chi connectivity index (χ3n) is 3.34. The molecule has 17 heavy (non-hydrogen) atoms. The first-order valence-corrected chi connectivity index (χ1v) is 7.90. The minimum Gasteiger partial charge on any atom is -0.309 e. The minimum atomic E-state index is 0.630. The van der Waals surface area contributed by atoms with E-state index in [1.807, 2.05) is 0 Å². The lowest BCUT2D eigenvalue weighted by atomic mass is 9.94. The summed E-state index contributed by atoms with van der Waals surface area (Å²) in [5.74, 6) is 0.715. The van der Waals surface area contributed by atoms with E-state index in [0.29, 0.717) is 12.0 Å². The van der Waals surface area contributed by atoms with Crippen LogP contribution < -0.4 is 5.32 Å². The van der Waals surface area contributed by atoms with Crippen molar-refractivity contribution in [1.82, 2.24) is 10.2 Å². The van der Waals surface area contributed by atoms with Crippen LogP contribution in [0.15, 0.2) is 10.5 Å². The number of halogens is 2. The predicted molar refractivity (Wildman–Crippen MR) is 78.9 cm³/mol. The molecule has 2 rings (SSSR count). The summed E-state index contributed by atoms with van der Waals surface area (Å²) in [6, 6.07) is 2.74. The molecule has 96 valence electrons.